The fourth-order valence-corrected chi connectivity index (χ4v) is 1.21. The van der Waals surface area contributed by atoms with Gasteiger partial charge in [-0.2, -0.15) is 0 Å². The van der Waals surface area contributed by atoms with Crippen LogP contribution in [-0.2, 0) is 16.1 Å². The molecule has 4 nitrogen and oxygen atoms in total. The smallest absolute Gasteiger partial charge is 0.307 e. The van der Waals surface area contributed by atoms with Crippen LogP contribution in [0.25, 0.3) is 0 Å². The highest BCUT2D eigenvalue weighted by atomic mass is 16.5. The molecule has 0 spiro atoms. The van der Waals surface area contributed by atoms with Crippen LogP contribution in [0.5, 0.6) is 0 Å². The molecule has 0 unspecified atom stereocenters. The Labute approximate surface area is 77.5 Å². The van der Waals surface area contributed by atoms with Crippen LogP contribution in [0.15, 0.2) is 6.20 Å². The van der Waals surface area contributed by atoms with Crippen molar-refractivity contribution in [3.63, 3.8) is 0 Å². The second kappa shape index (κ2) is 4.07. The zero-order valence-corrected chi connectivity index (χ0v) is 8.20. The monoisotopic (exact) mass is 182 g/mol. The van der Waals surface area contributed by atoms with E-state index in [1.165, 1.54) is 7.11 Å². The first kappa shape index (κ1) is 9.77. The van der Waals surface area contributed by atoms with Crippen molar-refractivity contribution in [2.75, 3.05) is 7.11 Å². The predicted octanol–water partition coefficient (Wildman–Crippen LogP) is 1.06. The average Bonchev–Trinajstić information content (AvgIpc) is 2.41. The van der Waals surface area contributed by atoms with Gasteiger partial charge in [-0.25, -0.2) is 4.98 Å². The summed E-state index contributed by atoms with van der Waals surface area (Å²) in [5.74, 6) is 0.743. The van der Waals surface area contributed by atoms with E-state index >= 15 is 0 Å². The largest absolute Gasteiger partial charge is 0.469 e. The lowest BCUT2D eigenvalue weighted by Crippen LogP contribution is -2.07. The number of esters is 1. The number of aryl methyl sites for hydroxylation is 3. The molecule has 0 amide bonds. The van der Waals surface area contributed by atoms with E-state index in [-0.39, 0.29) is 5.97 Å². The van der Waals surface area contributed by atoms with Gasteiger partial charge in [0, 0.05) is 12.7 Å². The number of carbonyl (C=O) groups excluding carboxylic acids is 1. The Morgan fingerprint density at radius 1 is 1.62 bits per heavy atom. The number of methoxy groups -OCH3 is 1. The second-order valence-electron chi connectivity index (χ2n) is 2.95. The van der Waals surface area contributed by atoms with Gasteiger partial charge in [-0.05, 0) is 13.8 Å². The number of nitrogens with zero attached hydrogens (tertiary/aromatic N) is 2. The maximum absolute atomic E-state index is 10.8. The lowest BCUT2D eigenvalue weighted by atomic mass is 10.4. The quantitative estimate of drug-likeness (QED) is 0.656. The molecule has 0 aliphatic heterocycles. The zero-order valence-electron chi connectivity index (χ0n) is 8.20. The van der Waals surface area contributed by atoms with Gasteiger partial charge in [0.05, 0.1) is 19.2 Å². The molecular formula is C9H14N2O2. The first-order valence-corrected chi connectivity index (χ1v) is 4.20. The Kier molecular flexibility index (Phi) is 3.06. The van der Waals surface area contributed by atoms with E-state index in [2.05, 4.69) is 9.72 Å². The van der Waals surface area contributed by atoms with Gasteiger partial charge in [0.2, 0.25) is 0 Å². The van der Waals surface area contributed by atoms with E-state index in [0.717, 1.165) is 11.5 Å². The molecule has 0 aliphatic rings. The summed E-state index contributed by atoms with van der Waals surface area (Å²) in [5.41, 5.74) is 0.974. The van der Waals surface area contributed by atoms with Gasteiger partial charge in [0.15, 0.2) is 0 Å². The lowest BCUT2D eigenvalue weighted by Gasteiger charge is -2.02. The third kappa shape index (κ3) is 2.57. The van der Waals surface area contributed by atoms with Gasteiger partial charge in [0.1, 0.15) is 5.82 Å². The molecule has 0 saturated carbocycles. The molecule has 0 atom stereocenters. The van der Waals surface area contributed by atoms with Crippen molar-refractivity contribution in [3.05, 3.63) is 17.7 Å². The number of imidazole rings is 1. The Morgan fingerprint density at radius 2 is 2.31 bits per heavy atom. The van der Waals surface area contributed by atoms with Crippen LogP contribution in [0.3, 0.4) is 0 Å². The summed E-state index contributed by atoms with van der Waals surface area (Å²) in [6.07, 6.45) is 2.32. The Morgan fingerprint density at radius 3 is 2.77 bits per heavy atom. The standard InChI is InChI=1S/C9H14N2O2/c1-7-6-11(8(2)10-7)5-4-9(12)13-3/h6H,4-5H2,1-3H3. The minimum Gasteiger partial charge on any atom is -0.469 e. The van der Waals surface area contributed by atoms with Crippen molar-refractivity contribution < 1.29 is 9.53 Å². The fraction of sp³-hybridized carbons (Fsp3) is 0.556. The summed E-state index contributed by atoms with van der Waals surface area (Å²) < 4.78 is 6.50. The van der Waals surface area contributed by atoms with Gasteiger partial charge in [-0.15, -0.1) is 0 Å². The van der Waals surface area contributed by atoms with E-state index in [1.54, 1.807) is 0 Å². The molecule has 1 aromatic rings. The van der Waals surface area contributed by atoms with Gasteiger partial charge >= 0.3 is 5.97 Å². The van der Waals surface area contributed by atoms with E-state index in [9.17, 15) is 4.79 Å². The van der Waals surface area contributed by atoms with Gasteiger partial charge in [-0.1, -0.05) is 0 Å². The Balaban J connectivity index is 2.54. The average molecular weight is 182 g/mol. The van der Waals surface area contributed by atoms with E-state index in [0.29, 0.717) is 13.0 Å². The maximum Gasteiger partial charge on any atom is 0.307 e. The van der Waals surface area contributed by atoms with Gasteiger partial charge in [0.25, 0.3) is 0 Å². The summed E-state index contributed by atoms with van der Waals surface area (Å²) in [6, 6.07) is 0. The number of rotatable bonds is 3. The summed E-state index contributed by atoms with van der Waals surface area (Å²) in [4.78, 5) is 15.1. The summed E-state index contributed by atoms with van der Waals surface area (Å²) in [7, 11) is 1.40. The molecular weight excluding hydrogens is 168 g/mol. The van der Waals surface area contributed by atoms with Crippen molar-refractivity contribution in [3.8, 4) is 0 Å². The van der Waals surface area contributed by atoms with Crippen molar-refractivity contribution in [1.29, 1.82) is 0 Å². The number of aromatic nitrogens is 2. The number of carbonyl (C=O) groups is 1. The van der Waals surface area contributed by atoms with Crippen LogP contribution in [0.2, 0.25) is 0 Å². The number of ether oxygens (including phenoxy) is 1. The van der Waals surface area contributed by atoms with Crippen molar-refractivity contribution in [1.82, 2.24) is 9.55 Å². The molecule has 0 saturated heterocycles. The minimum absolute atomic E-state index is 0.189. The molecule has 4 heteroatoms. The van der Waals surface area contributed by atoms with Crippen LogP contribution in [0.1, 0.15) is 17.9 Å². The molecule has 0 bridgehead atoms. The lowest BCUT2D eigenvalue weighted by molar-refractivity contribution is -0.140. The topological polar surface area (TPSA) is 44.1 Å². The van der Waals surface area contributed by atoms with Crippen molar-refractivity contribution in [2.24, 2.45) is 0 Å². The normalized spacial score (nSPS) is 10.1. The first-order chi connectivity index (χ1) is 6.13. The first-order valence-electron chi connectivity index (χ1n) is 4.20. The van der Waals surface area contributed by atoms with Gasteiger partial charge in [-0.3, -0.25) is 4.79 Å². The molecule has 0 fully saturated rings. The van der Waals surface area contributed by atoms with Crippen LogP contribution >= 0.6 is 0 Å². The number of hydrogen-bond donors (Lipinski definition) is 0. The number of hydrogen-bond acceptors (Lipinski definition) is 3. The predicted molar refractivity (Wildman–Crippen MR) is 48.3 cm³/mol. The molecule has 0 aliphatic carbocycles. The highest BCUT2D eigenvalue weighted by molar-refractivity contribution is 5.68. The molecule has 13 heavy (non-hydrogen) atoms. The van der Waals surface area contributed by atoms with Crippen LogP contribution in [0.4, 0.5) is 0 Å². The third-order valence-corrected chi connectivity index (χ3v) is 1.88. The van der Waals surface area contributed by atoms with E-state index in [1.807, 2.05) is 24.6 Å². The molecule has 0 radical (unpaired) electrons. The SMILES string of the molecule is COC(=O)CCn1cc(C)nc1C. The summed E-state index contributed by atoms with van der Waals surface area (Å²) in [5, 5.41) is 0. The summed E-state index contributed by atoms with van der Waals surface area (Å²) >= 11 is 0. The van der Waals surface area contributed by atoms with E-state index in [4.69, 9.17) is 0 Å². The Bertz CT molecular complexity index is 305. The molecule has 72 valence electrons. The third-order valence-electron chi connectivity index (χ3n) is 1.88. The molecule has 0 aromatic carbocycles. The molecule has 1 heterocycles. The van der Waals surface area contributed by atoms with Crippen LogP contribution in [0, 0.1) is 13.8 Å². The fourth-order valence-electron chi connectivity index (χ4n) is 1.21. The van der Waals surface area contributed by atoms with Crippen molar-refractivity contribution >= 4 is 5.97 Å². The van der Waals surface area contributed by atoms with E-state index < -0.39 is 0 Å². The second-order valence-corrected chi connectivity index (χ2v) is 2.95. The van der Waals surface area contributed by atoms with Gasteiger partial charge < -0.3 is 9.30 Å². The molecule has 0 N–H and O–H groups in total. The Hall–Kier alpha value is -1.32. The zero-order chi connectivity index (χ0) is 9.84. The maximum atomic E-state index is 10.8. The molecule has 1 aromatic heterocycles. The highest BCUT2D eigenvalue weighted by Gasteiger charge is 2.03. The highest BCUT2D eigenvalue weighted by Crippen LogP contribution is 2.02. The molecule has 1 rings (SSSR count). The summed E-state index contributed by atoms with van der Waals surface area (Å²) in [6.45, 7) is 4.49. The van der Waals surface area contributed by atoms with Crippen LogP contribution < -0.4 is 0 Å². The minimum atomic E-state index is -0.189. The van der Waals surface area contributed by atoms with Crippen LogP contribution in [-0.4, -0.2) is 22.6 Å². The van der Waals surface area contributed by atoms with Crippen molar-refractivity contribution in [2.45, 2.75) is 26.8 Å².